The average Bonchev–Trinajstić information content (AvgIpc) is 3.37. The van der Waals surface area contributed by atoms with Gasteiger partial charge in [-0.25, -0.2) is 4.98 Å². The summed E-state index contributed by atoms with van der Waals surface area (Å²) in [5.41, 5.74) is 6.18. The standard InChI is InChI=1S/C27H41N5O9S/c1-3-4-10-32-16-29-13-19(32)11-18(12-20(34)7-5-6-17(2)33)27(41)42-15-22(25(38)30-14-24(36)37)31-23(35)9-8-21(28)26(39)40/h13,16,18,21-22H,3-12,14-15,28H2,1-2H3,(H,30,38)(H,31,35)(H,36,37)(H,39,40)/t18-,21?,22?/m1/s1. The summed E-state index contributed by atoms with van der Waals surface area (Å²) in [6.45, 7) is 3.46. The molecule has 0 saturated carbocycles. The number of aliphatic carboxylic acids is 2. The van der Waals surface area contributed by atoms with Gasteiger partial charge in [-0.2, -0.15) is 0 Å². The number of ketones is 2. The number of rotatable bonds is 22. The second-order valence-electron chi connectivity index (χ2n) is 9.98. The van der Waals surface area contributed by atoms with E-state index < -0.39 is 53.4 Å². The van der Waals surface area contributed by atoms with E-state index in [0.717, 1.165) is 30.3 Å². The maximum Gasteiger partial charge on any atom is 0.322 e. The van der Waals surface area contributed by atoms with Gasteiger partial charge in [0.25, 0.3) is 0 Å². The lowest BCUT2D eigenvalue weighted by Gasteiger charge is -2.20. The predicted octanol–water partition coefficient (Wildman–Crippen LogP) is 0.698. The van der Waals surface area contributed by atoms with Crippen LogP contribution in [0, 0.1) is 5.92 Å². The van der Waals surface area contributed by atoms with Gasteiger partial charge in [0.05, 0.1) is 6.33 Å². The average molecular weight is 612 g/mol. The molecule has 0 bridgehead atoms. The van der Waals surface area contributed by atoms with Crippen molar-refractivity contribution in [1.29, 1.82) is 0 Å². The Kier molecular flexibility index (Phi) is 16.9. The number of nitrogens with two attached hydrogens (primary N) is 1. The highest BCUT2D eigenvalue weighted by Gasteiger charge is 2.28. The molecule has 2 unspecified atom stereocenters. The summed E-state index contributed by atoms with van der Waals surface area (Å²) in [5.74, 6) is -5.41. The summed E-state index contributed by atoms with van der Waals surface area (Å²) in [6, 6.07) is -2.60. The molecular weight excluding hydrogens is 570 g/mol. The molecular formula is C27H41N5O9S. The van der Waals surface area contributed by atoms with Crippen LogP contribution in [0.15, 0.2) is 12.5 Å². The zero-order valence-corrected chi connectivity index (χ0v) is 24.8. The Hall–Kier alpha value is -3.59. The number of carboxylic acids is 2. The third-order valence-corrected chi connectivity index (χ3v) is 7.37. The van der Waals surface area contributed by atoms with Gasteiger partial charge in [0.1, 0.15) is 30.2 Å². The lowest BCUT2D eigenvalue weighted by molar-refractivity contribution is -0.139. The summed E-state index contributed by atoms with van der Waals surface area (Å²) < 4.78 is 1.92. The molecule has 1 aromatic heterocycles. The molecule has 14 nitrogen and oxygen atoms in total. The van der Waals surface area contributed by atoms with Crippen LogP contribution in [0.4, 0.5) is 0 Å². The Labute approximate surface area is 248 Å². The molecule has 1 aromatic rings. The Balaban J connectivity index is 3.02. The van der Waals surface area contributed by atoms with Gasteiger partial charge in [-0.1, -0.05) is 25.1 Å². The van der Waals surface area contributed by atoms with E-state index in [4.69, 9.17) is 15.9 Å². The van der Waals surface area contributed by atoms with E-state index in [1.54, 1.807) is 12.5 Å². The van der Waals surface area contributed by atoms with Crippen molar-refractivity contribution in [3.05, 3.63) is 18.2 Å². The van der Waals surface area contributed by atoms with Crippen molar-refractivity contribution in [2.45, 2.75) is 90.3 Å². The van der Waals surface area contributed by atoms with Crippen LogP contribution in [0.1, 0.15) is 70.9 Å². The molecule has 3 atom stereocenters. The van der Waals surface area contributed by atoms with Crippen LogP contribution < -0.4 is 16.4 Å². The van der Waals surface area contributed by atoms with Crippen molar-refractivity contribution in [3.8, 4) is 0 Å². The number of imidazole rings is 1. The van der Waals surface area contributed by atoms with Gasteiger partial charge in [-0.3, -0.25) is 28.8 Å². The Morgan fingerprint density at radius 1 is 1.07 bits per heavy atom. The van der Waals surface area contributed by atoms with Crippen LogP contribution in [-0.4, -0.2) is 84.6 Å². The van der Waals surface area contributed by atoms with E-state index in [1.165, 1.54) is 6.92 Å². The number of Topliss-reactive ketones (excluding diaryl/α,β-unsaturated/α-hetero) is 2. The molecule has 0 fully saturated rings. The van der Waals surface area contributed by atoms with Crippen molar-refractivity contribution < 1.29 is 43.8 Å². The monoisotopic (exact) mass is 611 g/mol. The first-order chi connectivity index (χ1) is 19.8. The molecule has 42 heavy (non-hydrogen) atoms. The van der Waals surface area contributed by atoms with E-state index in [2.05, 4.69) is 15.6 Å². The van der Waals surface area contributed by atoms with Gasteiger partial charge < -0.3 is 35.9 Å². The van der Waals surface area contributed by atoms with Crippen molar-refractivity contribution in [1.82, 2.24) is 20.2 Å². The second-order valence-corrected chi connectivity index (χ2v) is 11.0. The molecule has 6 N–H and O–H groups in total. The minimum atomic E-state index is -1.31. The van der Waals surface area contributed by atoms with Crippen LogP contribution in [0.2, 0.25) is 0 Å². The number of nitrogens with one attached hydrogen (secondary N) is 2. The molecule has 1 rings (SSSR count). The SMILES string of the molecule is CCCCn1cncc1C[C@H](CC(=O)CCCC(C)=O)C(=O)SCC(NC(=O)CCC(N)C(=O)O)C(=O)NCC(=O)O. The zero-order chi connectivity index (χ0) is 31.7. The second kappa shape index (κ2) is 19.5. The van der Waals surface area contributed by atoms with Gasteiger partial charge in [-0.15, -0.1) is 0 Å². The predicted molar refractivity (Wildman–Crippen MR) is 153 cm³/mol. The first-order valence-electron chi connectivity index (χ1n) is 13.8. The molecule has 2 amide bonds. The number of carbonyl (C=O) groups is 7. The van der Waals surface area contributed by atoms with Gasteiger partial charge in [-0.05, 0) is 26.2 Å². The number of carbonyl (C=O) groups excluding carboxylic acids is 5. The molecule has 0 aliphatic carbocycles. The largest absolute Gasteiger partial charge is 0.480 e. The molecule has 15 heteroatoms. The van der Waals surface area contributed by atoms with E-state index in [0.29, 0.717) is 13.0 Å². The topological polar surface area (TPSA) is 228 Å². The molecule has 0 aliphatic heterocycles. The van der Waals surface area contributed by atoms with Crippen molar-refractivity contribution in [2.24, 2.45) is 11.7 Å². The zero-order valence-electron chi connectivity index (χ0n) is 24.0. The summed E-state index contributed by atoms with van der Waals surface area (Å²) in [6.07, 6.45) is 5.51. The van der Waals surface area contributed by atoms with Crippen LogP contribution >= 0.6 is 11.8 Å². The third-order valence-electron chi connectivity index (χ3n) is 6.26. The number of thioether (sulfide) groups is 1. The van der Waals surface area contributed by atoms with Gasteiger partial charge in [0.15, 0.2) is 5.12 Å². The fraction of sp³-hybridized carbons (Fsp3) is 0.630. The van der Waals surface area contributed by atoms with E-state index in [1.807, 2.05) is 11.5 Å². The Morgan fingerprint density at radius 2 is 1.79 bits per heavy atom. The van der Waals surface area contributed by atoms with Crippen LogP contribution in [0.25, 0.3) is 0 Å². The summed E-state index contributed by atoms with van der Waals surface area (Å²) in [5, 5.41) is 22.0. The number of unbranched alkanes of at least 4 members (excludes halogenated alkanes) is 1. The first kappa shape index (κ1) is 36.4. The number of hydrogen-bond acceptors (Lipinski definition) is 10. The number of hydrogen-bond donors (Lipinski definition) is 5. The van der Waals surface area contributed by atoms with Gasteiger partial charge in [0, 0.05) is 62.2 Å². The highest BCUT2D eigenvalue weighted by atomic mass is 32.2. The molecule has 0 aliphatic rings. The number of amides is 2. The van der Waals surface area contributed by atoms with Crippen molar-refractivity contribution >= 4 is 52.2 Å². The highest BCUT2D eigenvalue weighted by Crippen LogP contribution is 2.23. The van der Waals surface area contributed by atoms with Crippen LogP contribution in [-0.2, 0) is 46.5 Å². The van der Waals surface area contributed by atoms with Crippen LogP contribution in [0.3, 0.4) is 0 Å². The fourth-order valence-corrected chi connectivity index (χ4v) is 4.85. The van der Waals surface area contributed by atoms with Gasteiger partial charge >= 0.3 is 11.9 Å². The van der Waals surface area contributed by atoms with Crippen LogP contribution in [0.5, 0.6) is 0 Å². The lowest BCUT2D eigenvalue weighted by Crippen LogP contribution is -2.49. The van der Waals surface area contributed by atoms with E-state index in [-0.39, 0.29) is 55.8 Å². The summed E-state index contributed by atoms with van der Waals surface area (Å²) >= 11 is 0.726. The summed E-state index contributed by atoms with van der Waals surface area (Å²) in [4.78, 5) is 88.4. The fourth-order valence-electron chi connectivity index (χ4n) is 3.88. The molecule has 0 aromatic carbocycles. The maximum atomic E-state index is 13.4. The molecule has 1 heterocycles. The quantitative estimate of drug-likeness (QED) is 0.122. The highest BCUT2D eigenvalue weighted by molar-refractivity contribution is 8.13. The van der Waals surface area contributed by atoms with Gasteiger partial charge in [0.2, 0.25) is 11.8 Å². The first-order valence-corrected chi connectivity index (χ1v) is 14.8. The molecule has 0 spiro atoms. The minimum Gasteiger partial charge on any atom is -0.480 e. The third kappa shape index (κ3) is 14.9. The number of aromatic nitrogens is 2. The number of nitrogens with zero attached hydrogens (tertiary/aromatic N) is 2. The van der Waals surface area contributed by atoms with E-state index in [9.17, 15) is 33.6 Å². The Morgan fingerprint density at radius 3 is 2.40 bits per heavy atom. The van der Waals surface area contributed by atoms with Crippen molar-refractivity contribution in [3.63, 3.8) is 0 Å². The number of aryl methyl sites for hydroxylation is 1. The molecule has 0 saturated heterocycles. The Bertz CT molecular complexity index is 1110. The normalized spacial score (nSPS) is 13.0. The summed E-state index contributed by atoms with van der Waals surface area (Å²) in [7, 11) is 0. The smallest absolute Gasteiger partial charge is 0.322 e. The number of carboxylic acid groups (broad SMARTS) is 2. The lowest BCUT2D eigenvalue weighted by atomic mass is 9.96. The van der Waals surface area contributed by atoms with Crippen molar-refractivity contribution in [2.75, 3.05) is 12.3 Å². The molecule has 0 radical (unpaired) electrons. The maximum absolute atomic E-state index is 13.4. The minimum absolute atomic E-state index is 0.0370. The van der Waals surface area contributed by atoms with E-state index >= 15 is 0 Å². The molecule has 234 valence electrons.